The molecule has 2 amide bonds. The van der Waals surface area contributed by atoms with Gasteiger partial charge in [-0.2, -0.15) is 0 Å². The molecule has 7 nitrogen and oxygen atoms in total. The van der Waals surface area contributed by atoms with Gasteiger partial charge in [0.2, 0.25) is 5.91 Å². The minimum Gasteiger partial charge on any atom is -0.353 e. The lowest BCUT2D eigenvalue weighted by Gasteiger charge is -2.32. The molecule has 1 saturated heterocycles. The molecule has 2 aromatic rings. The number of benzene rings is 2. The number of carbonyl (C=O) groups is 2. The third-order valence-corrected chi connectivity index (χ3v) is 7.96. The smallest absolute Gasteiger partial charge is 0.264 e. The van der Waals surface area contributed by atoms with Crippen LogP contribution in [0.15, 0.2) is 53.4 Å². The van der Waals surface area contributed by atoms with Crippen molar-refractivity contribution in [1.82, 2.24) is 10.2 Å². The highest BCUT2D eigenvalue weighted by Gasteiger charge is 2.32. The fourth-order valence-electron chi connectivity index (χ4n) is 3.93. The lowest BCUT2D eigenvalue weighted by molar-refractivity contribution is -0.126. The quantitative estimate of drug-likeness (QED) is 0.726. The Hall–Kier alpha value is -2.87. The lowest BCUT2D eigenvalue weighted by Crippen LogP contribution is -2.45. The molecular weight excluding hydrogens is 426 g/mol. The van der Waals surface area contributed by atoms with Crippen LogP contribution in [0.5, 0.6) is 0 Å². The number of sulfonamides is 1. The maximum Gasteiger partial charge on any atom is 0.264 e. The highest BCUT2D eigenvalue weighted by Crippen LogP contribution is 2.25. The Balaban J connectivity index is 1.43. The first-order valence-corrected chi connectivity index (χ1v) is 12.4. The second-order valence-electron chi connectivity index (χ2n) is 8.71. The van der Waals surface area contributed by atoms with Crippen LogP contribution in [-0.4, -0.2) is 51.3 Å². The number of hydrogen-bond acceptors (Lipinski definition) is 4. The number of likely N-dealkylation sites (tertiary alicyclic amines) is 1. The van der Waals surface area contributed by atoms with Gasteiger partial charge in [-0.1, -0.05) is 17.7 Å². The van der Waals surface area contributed by atoms with E-state index in [1.807, 2.05) is 6.92 Å². The van der Waals surface area contributed by atoms with Crippen LogP contribution in [-0.2, 0) is 14.8 Å². The number of rotatable bonds is 6. The zero-order valence-electron chi connectivity index (χ0n) is 18.5. The summed E-state index contributed by atoms with van der Waals surface area (Å²) in [4.78, 5) is 27.3. The van der Waals surface area contributed by atoms with Crippen molar-refractivity contribution in [2.24, 2.45) is 5.92 Å². The maximum atomic E-state index is 13.0. The van der Waals surface area contributed by atoms with Gasteiger partial charge in [0.1, 0.15) is 0 Å². The Morgan fingerprint density at radius 1 is 1.00 bits per heavy atom. The van der Waals surface area contributed by atoms with Crippen molar-refractivity contribution in [2.75, 3.05) is 24.4 Å². The van der Waals surface area contributed by atoms with Crippen molar-refractivity contribution in [3.63, 3.8) is 0 Å². The predicted molar refractivity (Wildman–Crippen MR) is 123 cm³/mol. The van der Waals surface area contributed by atoms with E-state index in [0.717, 1.165) is 31.2 Å². The van der Waals surface area contributed by atoms with Gasteiger partial charge in [0.25, 0.3) is 15.9 Å². The van der Waals surface area contributed by atoms with Crippen LogP contribution in [0.1, 0.15) is 41.6 Å². The molecule has 1 atom stereocenters. The molecule has 0 aromatic heterocycles. The van der Waals surface area contributed by atoms with Crippen molar-refractivity contribution in [3.05, 3.63) is 59.7 Å². The first-order chi connectivity index (χ1) is 15.3. The zero-order valence-corrected chi connectivity index (χ0v) is 19.3. The summed E-state index contributed by atoms with van der Waals surface area (Å²) < 4.78 is 27.0. The van der Waals surface area contributed by atoms with E-state index in [9.17, 15) is 18.0 Å². The molecule has 0 radical (unpaired) electrons. The molecule has 1 aliphatic heterocycles. The number of aryl methyl sites for hydroxylation is 1. The Morgan fingerprint density at radius 3 is 2.28 bits per heavy atom. The normalized spacial score (nSPS) is 18.8. The highest BCUT2D eigenvalue weighted by atomic mass is 32.2. The van der Waals surface area contributed by atoms with Crippen LogP contribution < -0.4 is 9.62 Å². The standard InChI is InChI=1S/C24H29N3O4S/c1-17-5-13-22(14-6-17)32(30,31)26(2)21-11-7-18(8-12-21)24(29)27-15-3-4-19(16-27)23(28)25-20-9-10-20/h5-8,11-14,19-20H,3-4,9-10,15-16H2,1-2H3,(H,25,28). The van der Waals surface area contributed by atoms with E-state index in [4.69, 9.17) is 0 Å². The number of amides is 2. The van der Waals surface area contributed by atoms with Crippen LogP contribution >= 0.6 is 0 Å². The molecule has 8 heteroatoms. The average molecular weight is 456 g/mol. The van der Waals surface area contributed by atoms with E-state index < -0.39 is 10.0 Å². The number of nitrogens with zero attached hydrogens (tertiary/aromatic N) is 2. The van der Waals surface area contributed by atoms with E-state index in [0.29, 0.717) is 30.4 Å². The van der Waals surface area contributed by atoms with E-state index in [1.165, 1.54) is 11.4 Å². The van der Waals surface area contributed by atoms with Gasteiger partial charge in [0.05, 0.1) is 16.5 Å². The van der Waals surface area contributed by atoms with Crippen molar-refractivity contribution in [2.45, 2.75) is 43.5 Å². The fraction of sp³-hybridized carbons (Fsp3) is 0.417. The van der Waals surface area contributed by atoms with Gasteiger partial charge in [-0.15, -0.1) is 0 Å². The van der Waals surface area contributed by atoms with Crippen molar-refractivity contribution >= 4 is 27.5 Å². The SMILES string of the molecule is Cc1ccc(S(=O)(=O)N(C)c2ccc(C(=O)N3CCCC(C(=O)NC4CC4)C3)cc2)cc1. The Kier molecular flexibility index (Phi) is 6.24. The number of piperidine rings is 1. The second kappa shape index (κ2) is 8.94. The molecule has 1 aliphatic carbocycles. The molecule has 1 unspecified atom stereocenters. The van der Waals surface area contributed by atoms with Crippen LogP contribution in [0.2, 0.25) is 0 Å². The molecule has 32 heavy (non-hydrogen) atoms. The lowest BCUT2D eigenvalue weighted by atomic mass is 9.96. The Morgan fingerprint density at radius 2 is 1.66 bits per heavy atom. The van der Waals surface area contributed by atoms with Gasteiger partial charge < -0.3 is 10.2 Å². The fourth-order valence-corrected chi connectivity index (χ4v) is 5.12. The van der Waals surface area contributed by atoms with Crippen molar-refractivity contribution in [3.8, 4) is 0 Å². The zero-order chi connectivity index (χ0) is 22.9. The van der Waals surface area contributed by atoms with Crippen LogP contribution in [0.3, 0.4) is 0 Å². The second-order valence-corrected chi connectivity index (χ2v) is 10.7. The molecule has 2 aromatic carbocycles. The largest absolute Gasteiger partial charge is 0.353 e. The number of carbonyl (C=O) groups excluding carboxylic acids is 2. The molecule has 2 fully saturated rings. The number of anilines is 1. The molecule has 1 N–H and O–H groups in total. The summed E-state index contributed by atoms with van der Waals surface area (Å²) in [5.74, 6) is -0.258. The number of nitrogens with one attached hydrogen (secondary N) is 1. The summed E-state index contributed by atoms with van der Waals surface area (Å²) in [6.07, 6.45) is 3.68. The minimum absolute atomic E-state index is 0.0447. The van der Waals surface area contributed by atoms with Crippen LogP contribution in [0.25, 0.3) is 0 Å². The Bertz CT molecular complexity index is 1090. The summed E-state index contributed by atoms with van der Waals surface area (Å²) in [7, 11) is -2.19. The molecule has 0 bridgehead atoms. The Labute approximate surface area is 189 Å². The van der Waals surface area contributed by atoms with Crippen molar-refractivity contribution in [1.29, 1.82) is 0 Å². The summed E-state index contributed by atoms with van der Waals surface area (Å²) in [5.41, 5.74) is 1.94. The summed E-state index contributed by atoms with van der Waals surface area (Å²) in [5, 5.41) is 3.03. The van der Waals surface area contributed by atoms with Gasteiger partial charge in [0.15, 0.2) is 0 Å². The molecule has 1 saturated carbocycles. The summed E-state index contributed by atoms with van der Waals surface area (Å²) >= 11 is 0. The monoisotopic (exact) mass is 455 g/mol. The van der Waals surface area contributed by atoms with Gasteiger partial charge in [-0.05, 0) is 69.0 Å². The van der Waals surface area contributed by atoms with Crippen LogP contribution in [0.4, 0.5) is 5.69 Å². The van der Waals surface area contributed by atoms with E-state index in [2.05, 4.69) is 5.32 Å². The first-order valence-electron chi connectivity index (χ1n) is 11.0. The molecule has 1 heterocycles. The predicted octanol–water partition coefficient (Wildman–Crippen LogP) is 2.95. The molecule has 4 rings (SSSR count). The summed E-state index contributed by atoms with van der Waals surface area (Å²) in [6, 6.07) is 13.6. The van der Waals surface area contributed by atoms with Gasteiger partial charge in [-0.3, -0.25) is 13.9 Å². The molecule has 0 spiro atoms. The van der Waals surface area contributed by atoms with E-state index in [-0.39, 0.29) is 22.6 Å². The third kappa shape index (κ3) is 4.80. The van der Waals surface area contributed by atoms with E-state index >= 15 is 0 Å². The highest BCUT2D eigenvalue weighted by molar-refractivity contribution is 7.92. The van der Waals surface area contributed by atoms with E-state index in [1.54, 1.807) is 53.4 Å². The van der Waals surface area contributed by atoms with Gasteiger partial charge in [0, 0.05) is 31.7 Å². The number of hydrogen-bond donors (Lipinski definition) is 1. The van der Waals surface area contributed by atoms with Gasteiger partial charge in [-0.25, -0.2) is 8.42 Å². The molecule has 2 aliphatic rings. The average Bonchev–Trinajstić information content (AvgIpc) is 3.62. The minimum atomic E-state index is -3.69. The topological polar surface area (TPSA) is 86.8 Å². The third-order valence-electron chi connectivity index (χ3n) is 6.16. The summed E-state index contributed by atoms with van der Waals surface area (Å²) in [6.45, 7) is 2.94. The van der Waals surface area contributed by atoms with Crippen molar-refractivity contribution < 1.29 is 18.0 Å². The molecule has 170 valence electrons. The maximum absolute atomic E-state index is 13.0. The first kappa shape index (κ1) is 22.3. The van der Waals surface area contributed by atoms with Gasteiger partial charge >= 0.3 is 0 Å². The molecular formula is C24H29N3O4S. The van der Waals surface area contributed by atoms with Crippen LogP contribution in [0, 0.1) is 12.8 Å².